The number of rotatable bonds is 7. The Bertz CT molecular complexity index is 809. The number of thiophene rings is 1. The molecular weight excluding hydrogens is 334 g/mol. The molecule has 0 radical (unpaired) electrons. The highest BCUT2D eigenvalue weighted by atomic mass is 32.1. The van der Waals surface area contributed by atoms with Gasteiger partial charge in [0.25, 0.3) is 0 Å². The Morgan fingerprint density at radius 1 is 1.08 bits per heavy atom. The van der Waals surface area contributed by atoms with E-state index in [9.17, 15) is 9.90 Å². The Kier molecular flexibility index (Phi) is 5.81. The van der Waals surface area contributed by atoms with E-state index in [1.165, 1.54) is 15.0 Å². The van der Waals surface area contributed by atoms with Crippen LogP contribution in [0.5, 0.6) is 0 Å². The maximum Gasteiger partial charge on any atom is 0.243 e. The van der Waals surface area contributed by atoms with E-state index in [4.69, 9.17) is 5.21 Å². The van der Waals surface area contributed by atoms with Crippen molar-refractivity contribution in [1.29, 1.82) is 0 Å². The molecule has 130 valence electrons. The van der Waals surface area contributed by atoms with Crippen molar-refractivity contribution in [1.82, 2.24) is 5.48 Å². The fourth-order valence-corrected chi connectivity index (χ4v) is 3.91. The van der Waals surface area contributed by atoms with Crippen LogP contribution in [-0.2, 0) is 4.79 Å². The Morgan fingerprint density at radius 2 is 1.84 bits per heavy atom. The van der Waals surface area contributed by atoms with Crippen molar-refractivity contribution in [3.63, 3.8) is 0 Å². The van der Waals surface area contributed by atoms with Crippen molar-refractivity contribution >= 4 is 27.3 Å². The van der Waals surface area contributed by atoms with Crippen LogP contribution in [0.2, 0.25) is 0 Å². The Labute approximate surface area is 150 Å². The Morgan fingerprint density at radius 3 is 2.56 bits per heavy atom. The molecule has 3 N–H and O–H groups in total. The minimum absolute atomic E-state index is 0.272. The van der Waals surface area contributed by atoms with Crippen LogP contribution in [0, 0.1) is 0 Å². The number of nitrogens with one attached hydrogen (secondary N) is 1. The summed E-state index contributed by atoms with van der Waals surface area (Å²) in [7, 11) is 0. The van der Waals surface area contributed by atoms with E-state index in [1.807, 2.05) is 36.4 Å². The van der Waals surface area contributed by atoms with Gasteiger partial charge in [0.1, 0.15) is 0 Å². The summed E-state index contributed by atoms with van der Waals surface area (Å²) in [6.45, 7) is 0. The monoisotopic (exact) mass is 355 g/mol. The topological polar surface area (TPSA) is 69.6 Å². The first kappa shape index (κ1) is 17.6. The Hall–Kier alpha value is -2.21. The van der Waals surface area contributed by atoms with Crippen LogP contribution in [0.3, 0.4) is 0 Å². The minimum atomic E-state index is -0.534. The van der Waals surface area contributed by atoms with Crippen molar-refractivity contribution in [3.05, 3.63) is 60.2 Å². The molecule has 0 aliphatic carbocycles. The maximum absolute atomic E-state index is 10.9. The third-order valence-electron chi connectivity index (χ3n) is 4.26. The van der Waals surface area contributed by atoms with Gasteiger partial charge in [0.2, 0.25) is 5.91 Å². The number of hydrogen-bond donors (Lipinski definition) is 3. The average Bonchev–Trinajstić information content (AvgIpc) is 3.09. The highest BCUT2D eigenvalue weighted by Gasteiger charge is 2.09. The van der Waals surface area contributed by atoms with Crippen molar-refractivity contribution in [3.8, 4) is 10.4 Å². The molecule has 0 saturated carbocycles. The number of carbonyl (C=O) groups excluding carboxylic acids is 1. The number of aliphatic hydroxyl groups is 1. The minimum Gasteiger partial charge on any atom is -0.388 e. The summed E-state index contributed by atoms with van der Waals surface area (Å²) in [6.07, 6.45) is 1.71. The van der Waals surface area contributed by atoms with Crippen molar-refractivity contribution < 1.29 is 15.1 Å². The first-order valence-electron chi connectivity index (χ1n) is 8.37. The predicted molar refractivity (Wildman–Crippen MR) is 101 cm³/mol. The molecule has 5 heteroatoms. The van der Waals surface area contributed by atoms with Gasteiger partial charge in [0.15, 0.2) is 0 Å². The van der Waals surface area contributed by atoms with Crippen molar-refractivity contribution in [2.45, 2.75) is 31.8 Å². The molecule has 0 aliphatic heterocycles. The summed E-state index contributed by atoms with van der Waals surface area (Å²) >= 11 is 1.77. The van der Waals surface area contributed by atoms with E-state index >= 15 is 0 Å². The lowest BCUT2D eigenvalue weighted by atomic mass is 10.0. The van der Waals surface area contributed by atoms with Crippen LogP contribution in [0.1, 0.15) is 37.4 Å². The maximum atomic E-state index is 10.9. The third kappa shape index (κ3) is 4.45. The quantitative estimate of drug-likeness (QED) is 0.328. The summed E-state index contributed by atoms with van der Waals surface area (Å²) in [5, 5.41) is 20.0. The molecule has 2 aromatic carbocycles. The normalized spacial score (nSPS) is 12.2. The zero-order valence-corrected chi connectivity index (χ0v) is 14.6. The molecule has 4 nitrogen and oxygen atoms in total. The Balaban J connectivity index is 1.60. The van der Waals surface area contributed by atoms with E-state index in [1.54, 1.807) is 16.8 Å². The number of benzene rings is 2. The molecule has 0 spiro atoms. The van der Waals surface area contributed by atoms with Crippen LogP contribution >= 0.6 is 11.3 Å². The molecule has 25 heavy (non-hydrogen) atoms. The SMILES string of the molecule is O=C(CCCCC(O)c1ccc(-c2cc3ccccc3s2)cc1)NO. The largest absolute Gasteiger partial charge is 0.388 e. The number of hydroxylamine groups is 1. The molecule has 3 aromatic rings. The number of carbonyl (C=O) groups is 1. The molecule has 1 amide bonds. The van der Waals surface area contributed by atoms with Crippen LogP contribution in [0.25, 0.3) is 20.5 Å². The summed E-state index contributed by atoms with van der Waals surface area (Å²) < 4.78 is 1.27. The van der Waals surface area contributed by atoms with Crippen molar-refractivity contribution in [2.75, 3.05) is 0 Å². The van der Waals surface area contributed by atoms with Crippen LogP contribution in [0.4, 0.5) is 0 Å². The van der Waals surface area contributed by atoms with Gasteiger partial charge in [-0.15, -0.1) is 11.3 Å². The summed E-state index contributed by atoms with van der Waals surface area (Å²) in [6, 6.07) is 18.5. The molecule has 0 saturated heterocycles. The standard InChI is InChI=1S/C20H21NO3S/c22-17(6-2-4-8-20(23)21-24)14-9-11-15(12-10-14)19-13-16-5-1-3-7-18(16)25-19/h1,3,5,7,9-13,17,22,24H,2,4,6,8H2,(H,21,23). The number of fused-ring (bicyclic) bond motifs is 1. The van der Waals surface area contributed by atoms with E-state index < -0.39 is 6.10 Å². The lowest BCUT2D eigenvalue weighted by molar-refractivity contribution is -0.129. The van der Waals surface area contributed by atoms with Crippen LogP contribution < -0.4 is 5.48 Å². The fraction of sp³-hybridized carbons (Fsp3) is 0.250. The fourth-order valence-electron chi connectivity index (χ4n) is 2.84. The van der Waals surface area contributed by atoms with Gasteiger partial charge < -0.3 is 5.11 Å². The van der Waals surface area contributed by atoms with Gasteiger partial charge in [-0.1, -0.05) is 48.9 Å². The zero-order valence-electron chi connectivity index (χ0n) is 13.8. The van der Waals surface area contributed by atoms with Gasteiger partial charge in [-0.05, 0) is 41.5 Å². The van der Waals surface area contributed by atoms with E-state index in [2.05, 4.69) is 18.2 Å². The number of amides is 1. The van der Waals surface area contributed by atoms with Gasteiger partial charge in [-0.3, -0.25) is 10.0 Å². The molecule has 1 unspecified atom stereocenters. The van der Waals surface area contributed by atoms with E-state index in [0.717, 1.165) is 17.5 Å². The second kappa shape index (κ2) is 8.25. The molecule has 0 bridgehead atoms. The first-order chi connectivity index (χ1) is 12.2. The molecule has 1 aromatic heterocycles. The van der Waals surface area contributed by atoms with Crippen LogP contribution in [0.15, 0.2) is 54.6 Å². The lowest BCUT2D eigenvalue weighted by Gasteiger charge is -2.11. The van der Waals surface area contributed by atoms with E-state index in [-0.39, 0.29) is 12.3 Å². The molecule has 1 atom stereocenters. The van der Waals surface area contributed by atoms with E-state index in [0.29, 0.717) is 12.8 Å². The first-order valence-corrected chi connectivity index (χ1v) is 9.19. The van der Waals surface area contributed by atoms with Gasteiger partial charge in [-0.25, -0.2) is 5.48 Å². The highest BCUT2D eigenvalue weighted by Crippen LogP contribution is 2.34. The highest BCUT2D eigenvalue weighted by molar-refractivity contribution is 7.22. The van der Waals surface area contributed by atoms with Gasteiger partial charge in [0, 0.05) is 16.0 Å². The van der Waals surface area contributed by atoms with Crippen molar-refractivity contribution in [2.24, 2.45) is 0 Å². The average molecular weight is 355 g/mol. The van der Waals surface area contributed by atoms with Gasteiger partial charge >= 0.3 is 0 Å². The number of unbranched alkanes of at least 4 members (excludes halogenated alkanes) is 1. The molecule has 0 fully saturated rings. The van der Waals surface area contributed by atoms with Gasteiger partial charge in [0.05, 0.1) is 6.10 Å². The molecular formula is C20H21NO3S. The molecule has 0 aliphatic rings. The van der Waals surface area contributed by atoms with Gasteiger partial charge in [-0.2, -0.15) is 0 Å². The lowest BCUT2D eigenvalue weighted by Crippen LogP contribution is -2.17. The predicted octanol–water partition coefficient (Wildman–Crippen LogP) is 4.67. The number of aliphatic hydroxyl groups excluding tert-OH is 1. The third-order valence-corrected chi connectivity index (χ3v) is 5.43. The second-order valence-corrected chi connectivity index (χ2v) is 7.15. The summed E-state index contributed by atoms with van der Waals surface area (Å²) in [5.74, 6) is -0.387. The molecule has 1 heterocycles. The second-order valence-electron chi connectivity index (χ2n) is 6.07. The molecule has 3 rings (SSSR count). The summed E-state index contributed by atoms with van der Waals surface area (Å²) in [4.78, 5) is 12.2. The van der Waals surface area contributed by atoms with Crippen LogP contribution in [-0.4, -0.2) is 16.2 Å². The number of hydrogen-bond acceptors (Lipinski definition) is 4. The zero-order chi connectivity index (χ0) is 17.6. The summed E-state index contributed by atoms with van der Waals surface area (Å²) in [5.41, 5.74) is 3.65. The smallest absolute Gasteiger partial charge is 0.243 e.